The van der Waals surface area contributed by atoms with Gasteiger partial charge in [0, 0.05) is 6.54 Å². The lowest BCUT2D eigenvalue weighted by Gasteiger charge is -2.26. The number of hydrazine groups is 1. The number of nitrogens with one attached hydrogen (secondary N) is 1. The molecule has 5 heteroatoms. The van der Waals surface area contributed by atoms with Crippen molar-refractivity contribution in [2.75, 3.05) is 13.6 Å². The van der Waals surface area contributed by atoms with Crippen LogP contribution in [-0.2, 0) is 6.54 Å². The maximum atomic E-state index is 11.4. The molecule has 3 unspecified atom stereocenters. The number of fused-ring (bicyclic) bond motifs is 2. The summed E-state index contributed by atoms with van der Waals surface area (Å²) in [5.41, 5.74) is 2.59. The molecule has 0 radical (unpaired) electrons. The highest BCUT2D eigenvalue weighted by Crippen LogP contribution is 2.48. The number of carbonyl (C=O) groups excluding carboxylic acids is 1. The Morgan fingerprint density at radius 2 is 2.35 bits per heavy atom. The number of nitrogen functional groups attached to an aromatic ring is 1. The number of amides is 1. The Balaban J connectivity index is 1.52. The van der Waals surface area contributed by atoms with E-state index in [9.17, 15) is 4.79 Å². The van der Waals surface area contributed by atoms with Crippen molar-refractivity contribution in [1.82, 2.24) is 10.3 Å². The summed E-state index contributed by atoms with van der Waals surface area (Å²) in [6.45, 7) is 1.87. The lowest BCUT2D eigenvalue weighted by molar-refractivity contribution is 0.0953. The Hall–Kier alpha value is -1.33. The molecule has 2 aliphatic rings. The number of rotatable bonds is 5. The summed E-state index contributed by atoms with van der Waals surface area (Å²) in [5, 5.41) is 0. The van der Waals surface area contributed by atoms with Crippen LogP contribution in [0.4, 0.5) is 0 Å². The van der Waals surface area contributed by atoms with Crippen LogP contribution in [0.1, 0.15) is 41.8 Å². The molecule has 1 aromatic rings. The Labute approximate surface area is 119 Å². The zero-order valence-electron chi connectivity index (χ0n) is 12.0. The van der Waals surface area contributed by atoms with Gasteiger partial charge in [-0.2, -0.15) is 0 Å². The molecule has 5 nitrogen and oxygen atoms in total. The summed E-state index contributed by atoms with van der Waals surface area (Å²) in [7, 11) is 2.12. The molecule has 20 heavy (non-hydrogen) atoms. The summed E-state index contributed by atoms with van der Waals surface area (Å²) in [6.07, 6.45) is 7.17. The second kappa shape index (κ2) is 5.58. The number of nitrogens with two attached hydrogens (primary N) is 1. The summed E-state index contributed by atoms with van der Waals surface area (Å²) in [4.78, 5) is 13.7. The molecule has 3 rings (SSSR count). The van der Waals surface area contributed by atoms with Gasteiger partial charge in [0.25, 0.3) is 5.91 Å². The van der Waals surface area contributed by atoms with E-state index in [2.05, 4.69) is 17.4 Å². The first kappa shape index (κ1) is 13.6. The third-order valence-electron chi connectivity index (χ3n) is 4.90. The molecule has 1 heterocycles. The van der Waals surface area contributed by atoms with Crippen LogP contribution in [0.5, 0.6) is 0 Å². The van der Waals surface area contributed by atoms with Crippen LogP contribution in [-0.4, -0.2) is 24.4 Å². The van der Waals surface area contributed by atoms with Gasteiger partial charge < -0.3 is 4.42 Å². The summed E-state index contributed by atoms with van der Waals surface area (Å²) in [6, 6.07) is 1.76. The second-order valence-electron chi connectivity index (χ2n) is 6.41. The monoisotopic (exact) mass is 277 g/mol. The van der Waals surface area contributed by atoms with Crippen LogP contribution in [0.15, 0.2) is 16.7 Å². The van der Waals surface area contributed by atoms with Gasteiger partial charge >= 0.3 is 0 Å². The van der Waals surface area contributed by atoms with Gasteiger partial charge in [-0.3, -0.25) is 15.1 Å². The number of furan rings is 1. The van der Waals surface area contributed by atoms with E-state index in [0.717, 1.165) is 36.6 Å². The van der Waals surface area contributed by atoms with E-state index in [0.29, 0.717) is 5.56 Å². The predicted molar refractivity (Wildman–Crippen MR) is 75.6 cm³/mol. The van der Waals surface area contributed by atoms with E-state index < -0.39 is 0 Å². The van der Waals surface area contributed by atoms with Gasteiger partial charge in [-0.25, -0.2) is 5.84 Å². The van der Waals surface area contributed by atoms with Crippen molar-refractivity contribution >= 4 is 5.91 Å². The summed E-state index contributed by atoms with van der Waals surface area (Å²) >= 11 is 0. The largest absolute Gasteiger partial charge is 0.467 e. The van der Waals surface area contributed by atoms with E-state index in [-0.39, 0.29) is 5.91 Å². The van der Waals surface area contributed by atoms with Gasteiger partial charge in [0.15, 0.2) is 0 Å². The van der Waals surface area contributed by atoms with Gasteiger partial charge in [0.1, 0.15) is 12.0 Å². The third kappa shape index (κ3) is 2.74. The maximum Gasteiger partial charge on any atom is 0.268 e. The third-order valence-corrected chi connectivity index (χ3v) is 4.90. The van der Waals surface area contributed by atoms with E-state index in [4.69, 9.17) is 10.3 Å². The molecule has 2 aliphatic carbocycles. The van der Waals surface area contributed by atoms with Crippen molar-refractivity contribution in [3.63, 3.8) is 0 Å². The topological polar surface area (TPSA) is 71.5 Å². The van der Waals surface area contributed by atoms with Crippen molar-refractivity contribution in [2.24, 2.45) is 23.6 Å². The molecule has 110 valence electrons. The summed E-state index contributed by atoms with van der Waals surface area (Å²) < 4.78 is 5.43. The fourth-order valence-corrected chi connectivity index (χ4v) is 4.00. The lowest BCUT2D eigenvalue weighted by Crippen LogP contribution is -2.29. The number of nitrogens with zero attached hydrogens (tertiary/aromatic N) is 1. The highest BCUT2D eigenvalue weighted by Gasteiger charge is 2.39. The number of hydrogen-bond donors (Lipinski definition) is 2. The first-order valence-electron chi connectivity index (χ1n) is 7.42. The first-order chi connectivity index (χ1) is 9.65. The van der Waals surface area contributed by atoms with Crippen LogP contribution >= 0.6 is 0 Å². The molecule has 2 fully saturated rings. The van der Waals surface area contributed by atoms with Crippen molar-refractivity contribution in [3.8, 4) is 0 Å². The fraction of sp³-hybridized carbons (Fsp3) is 0.667. The Morgan fingerprint density at radius 1 is 1.50 bits per heavy atom. The highest BCUT2D eigenvalue weighted by atomic mass is 16.3. The minimum Gasteiger partial charge on any atom is -0.467 e. The van der Waals surface area contributed by atoms with Crippen molar-refractivity contribution in [1.29, 1.82) is 0 Å². The van der Waals surface area contributed by atoms with E-state index in [1.54, 1.807) is 6.07 Å². The molecule has 3 N–H and O–H groups in total. The molecule has 2 saturated carbocycles. The molecule has 0 saturated heterocycles. The minimum atomic E-state index is -0.309. The van der Waals surface area contributed by atoms with Crippen LogP contribution in [0.2, 0.25) is 0 Å². The standard InChI is InChI=1S/C15H23N3O2/c1-18(7-12-5-10-2-3-11(12)4-10)8-14-6-13(9-20-14)15(19)17-16/h6,9-12H,2-5,7-8,16H2,1H3,(H,17,19). The molecule has 0 spiro atoms. The molecular weight excluding hydrogens is 254 g/mol. The molecule has 1 amide bonds. The van der Waals surface area contributed by atoms with E-state index >= 15 is 0 Å². The Morgan fingerprint density at radius 3 is 3.00 bits per heavy atom. The molecule has 0 aromatic carbocycles. The highest BCUT2D eigenvalue weighted by molar-refractivity contribution is 5.93. The van der Waals surface area contributed by atoms with E-state index in [1.165, 1.54) is 31.9 Å². The average molecular weight is 277 g/mol. The molecule has 2 bridgehead atoms. The summed E-state index contributed by atoms with van der Waals surface area (Å²) in [5.74, 6) is 8.39. The SMILES string of the molecule is CN(Cc1cc(C(=O)NN)co1)CC1CC2CCC1C2. The fourth-order valence-electron chi connectivity index (χ4n) is 4.00. The molecular formula is C15H23N3O2. The minimum absolute atomic E-state index is 0.309. The zero-order chi connectivity index (χ0) is 14.1. The van der Waals surface area contributed by atoms with Crippen molar-refractivity contribution in [2.45, 2.75) is 32.2 Å². The molecule has 1 aromatic heterocycles. The van der Waals surface area contributed by atoms with Gasteiger partial charge in [-0.05, 0) is 50.1 Å². The number of hydrogen-bond acceptors (Lipinski definition) is 4. The van der Waals surface area contributed by atoms with Crippen molar-refractivity contribution < 1.29 is 9.21 Å². The Kier molecular flexibility index (Phi) is 3.81. The van der Waals surface area contributed by atoms with Crippen molar-refractivity contribution in [3.05, 3.63) is 23.7 Å². The normalized spacial score (nSPS) is 28.2. The number of carbonyl (C=O) groups is 1. The van der Waals surface area contributed by atoms with Crippen LogP contribution in [0, 0.1) is 17.8 Å². The maximum absolute atomic E-state index is 11.4. The zero-order valence-corrected chi connectivity index (χ0v) is 12.0. The van der Waals surface area contributed by atoms with Gasteiger partial charge in [0.2, 0.25) is 0 Å². The van der Waals surface area contributed by atoms with Gasteiger partial charge in [-0.15, -0.1) is 0 Å². The van der Waals surface area contributed by atoms with E-state index in [1.807, 2.05) is 0 Å². The molecule has 0 aliphatic heterocycles. The second-order valence-corrected chi connectivity index (χ2v) is 6.41. The van der Waals surface area contributed by atoms with Crippen LogP contribution < -0.4 is 11.3 Å². The quantitative estimate of drug-likeness (QED) is 0.488. The average Bonchev–Trinajstić information content (AvgIpc) is 3.13. The van der Waals surface area contributed by atoms with Crippen LogP contribution in [0.3, 0.4) is 0 Å². The van der Waals surface area contributed by atoms with Crippen LogP contribution in [0.25, 0.3) is 0 Å². The van der Waals surface area contributed by atoms with Gasteiger partial charge in [0.05, 0.1) is 12.1 Å². The first-order valence-corrected chi connectivity index (χ1v) is 7.42. The predicted octanol–water partition coefficient (Wildman–Crippen LogP) is 1.75. The lowest BCUT2D eigenvalue weighted by atomic mass is 9.88. The molecule has 3 atom stereocenters. The Bertz CT molecular complexity index is 485. The smallest absolute Gasteiger partial charge is 0.268 e. The van der Waals surface area contributed by atoms with Gasteiger partial charge in [-0.1, -0.05) is 6.42 Å².